The van der Waals surface area contributed by atoms with Crippen molar-refractivity contribution in [2.75, 3.05) is 16.8 Å². The maximum Gasteiger partial charge on any atom is 0.268 e. The molecule has 0 fully saturated rings. The second-order valence-corrected chi connectivity index (χ2v) is 6.91. The minimum absolute atomic E-state index is 0.0219. The van der Waals surface area contributed by atoms with Gasteiger partial charge >= 0.3 is 0 Å². The van der Waals surface area contributed by atoms with Crippen LogP contribution < -0.4 is 22.3 Å². The molecule has 4 rings (SSSR count). The Kier molecular flexibility index (Phi) is 4.88. The van der Waals surface area contributed by atoms with Crippen LogP contribution in [0, 0.1) is 17.1 Å². The summed E-state index contributed by atoms with van der Waals surface area (Å²) in [5.41, 5.74) is 10.9. The van der Waals surface area contributed by atoms with Crippen LogP contribution in [0.4, 0.5) is 22.0 Å². The highest BCUT2D eigenvalue weighted by molar-refractivity contribution is 6.35. The van der Waals surface area contributed by atoms with Gasteiger partial charge in [0, 0.05) is 12.1 Å². The van der Waals surface area contributed by atoms with Gasteiger partial charge in [0.15, 0.2) is 5.82 Å². The molecule has 4 aromatic rings. The zero-order valence-electron chi connectivity index (χ0n) is 15.9. The Bertz CT molecular complexity index is 1410. The first kappa shape index (κ1) is 20.0. The van der Waals surface area contributed by atoms with Gasteiger partial charge in [0.05, 0.1) is 28.2 Å². The lowest BCUT2D eigenvalue weighted by Gasteiger charge is -2.20. The minimum atomic E-state index is -0.719. The van der Waals surface area contributed by atoms with Crippen LogP contribution in [-0.2, 0) is 0 Å². The van der Waals surface area contributed by atoms with Crippen molar-refractivity contribution in [3.63, 3.8) is 0 Å². The number of nitriles is 1. The van der Waals surface area contributed by atoms with Crippen molar-refractivity contribution in [2.24, 2.45) is 0 Å². The minimum Gasteiger partial charge on any atom is -0.382 e. The number of nitrogens with zero attached hydrogens (tertiary/aromatic N) is 6. The summed E-state index contributed by atoms with van der Waals surface area (Å²) in [6, 6.07) is 4.89. The highest BCUT2D eigenvalue weighted by Gasteiger charge is 2.22. The maximum atomic E-state index is 13.9. The number of anilines is 3. The summed E-state index contributed by atoms with van der Waals surface area (Å²) in [6.07, 6.45) is 1.46. The van der Waals surface area contributed by atoms with Crippen LogP contribution in [0.2, 0.25) is 5.02 Å². The fourth-order valence-corrected chi connectivity index (χ4v) is 3.41. The molecule has 0 radical (unpaired) electrons. The fraction of sp³-hybridized carbons (Fsp3) is 0.111. The lowest BCUT2D eigenvalue weighted by Crippen LogP contribution is -2.28. The van der Waals surface area contributed by atoms with Crippen molar-refractivity contribution >= 4 is 40.1 Å². The third-order valence-corrected chi connectivity index (χ3v) is 4.75. The molecule has 6 N–H and O–H groups in total. The average Bonchev–Trinajstić information content (AvgIpc) is 3.21. The molecule has 0 saturated heterocycles. The largest absolute Gasteiger partial charge is 0.382 e. The standard InChI is InChI=1S/C18H14ClFN10O/c1-7(25-15-9(6-21)14(22)27-18(23)28-15)16-26-11-5-8(20)4-10(19)13(11)17(31)30(16)12-2-3-24-29-12/h2-5,7H,1H3,(H,24,29)(H5,22,23,25,27,28). The van der Waals surface area contributed by atoms with E-state index in [0.29, 0.717) is 5.82 Å². The Morgan fingerprint density at radius 3 is 2.77 bits per heavy atom. The molecule has 0 amide bonds. The molecule has 1 unspecified atom stereocenters. The number of hydrogen-bond donors (Lipinski definition) is 4. The van der Waals surface area contributed by atoms with Crippen molar-refractivity contribution < 1.29 is 4.39 Å². The summed E-state index contributed by atoms with van der Waals surface area (Å²) in [7, 11) is 0. The number of nitrogen functional groups attached to an aromatic ring is 2. The smallest absolute Gasteiger partial charge is 0.268 e. The van der Waals surface area contributed by atoms with Crippen LogP contribution in [0.5, 0.6) is 0 Å². The molecule has 13 heteroatoms. The molecule has 1 aromatic carbocycles. The Labute approximate surface area is 178 Å². The fourth-order valence-electron chi connectivity index (χ4n) is 3.13. The van der Waals surface area contributed by atoms with Crippen molar-refractivity contribution in [2.45, 2.75) is 13.0 Å². The van der Waals surface area contributed by atoms with E-state index in [9.17, 15) is 14.4 Å². The number of aromatic nitrogens is 6. The molecule has 0 aliphatic heterocycles. The van der Waals surface area contributed by atoms with E-state index in [-0.39, 0.29) is 44.9 Å². The number of aromatic amines is 1. The summed E-state index contributed by atoms with van der Waals surface area (Å²) in [5, 5.41) is 18.9. The maximum absolute atomic E-state index is 13.9. The predicted octanol–water partition coefficient (Wildman–Crippen LogP) is 1.90. The molecule has 3 heterocycles. The van der Waals surface area contributed by atoms with Crippen molar-refractivity contribution in [3.05, 3.63) is 57.0 Å². The van der Waals surface area contributed by atoms with Crippen molar-refractivity contribution in [1.29, 1.82) is 5.26 Å². The number of rotatable bonds is 4. The third kappa shape index (κ3) is 3.47. The van der Waals surface area contributed by atoms with E-state index < -0.39 is 17.4 Å². The van der Waals surface area contributed by atoms with Gasteiger partial charge < -0.3 is 16.8 Å². The van der Waals surface area contributed by atoms with E-state index in [0.717, 1.165) is 12.1 Å². The van der Waals surface area contributed by atoms with Crippen molar-refractivity contribution in [1.82, 2.24) is 29.7 Å². The highest BCUT2D eigenvalue weighted by Crippen LogP contribution is 2.27. The highest BCUT2D eigenvalue weighted by atomic mass is 35.5. The van der Waals surface area contributed by atoms with Crippen LogP contribution >= 0.6 is 11.6 Å². The van der Waals surface area contributed by atoms with Gasteiger partial charge in [-0.25, -0.2) is 13.9 Å². The molecule has 31 heavy (non-hydrogen) atoms. The van der Waals surface area contributed by atoms with E-state index in [4.69, 9.17) is 23.1 Å². The first-order valence-electron chi connectivity index (χ1n) is 8.81. The molecule has 0 saturated carbocycles. The van der Waals surface area contributed by atoms with Gasteiger partial charge in [0.25, 0.3) is 5.56 Å². The molecule has 3 aromatic heterocycles. The first-order valence-corrected chi connectivity index (χ1v) is 9.19. The van der Waals surface area contributed by atoms with Crippen LogP contribution in [0.1, 0.15) is 24.4 Å². The number of H-pyrrole nitrogens is 1. The summed E-state index contributed by atoms with van der Waals surface area (Å²) < 4.78 is 15.2. The van der Waals surface area contributed by atoms with Crippen LogP contribution in [0.15, 0.2) is 29.2 Å². The van der Waals surface area contributed by atoms with Gasteiger partial charge in [-0.05, 0) is 13.0 Å². The Morgan fingerprint density at radius 1 is 1.32 bits per heavy atom. The number of halogens is 2. The average molecular weight is 441 g/mol. The van der Waals surface area contributed by atoms with Gasteiger partial charge in [-0.2, -0.15) is 20.3 Å². The monoisotopic (exact) mass is 440 g/mol. The van der Waals surface area contributed by atoms with Crippen LogP contribution in [0.3, 0.4) is 0 Å². The van der Waals surface area contributed by atoms with Gasteiger partial charge in [-0.3, -0.25) is 9.89 Å². The van der Waals surface area contributed by atoms with Gasteiger partial charge in [-0.15, -0.1) is 0 Å². The Hall–Kier alpha value is -4.24. The normalized spacial score (nSPS) is 11.9. The zero-order valence-corrected chi connectivity index (χ0v) is 16.6. The van der Waals surface area contributed by atoms with Crippen molar-refractivity contribution in [3.8, 4) is 11.9 Å². The third-order valence-electron chi connectivity index (χ3n) is 4.45. The van der Waals surface area contributed by atoms with Crippen LogP contribution in [-0.4, -0.2) is 29.7 Å². The second-order valence-electron chi connectivity index (χ2n) is 6.50. The zero-order chi connectivity index (χ0) is 22.3. The number of nitrogens with one attached hydrogen (secondary N) is 2. The molecule has 0 bridgehead atoms. The summed E-state index contributed by atoms with van der Waals surface area (Å²) in [5.74, 6) is -0.344. The second kappa shape index (κ2) is 7.54. The van der Waals surface area contributed by atoms with E-state index in [1.165, 1.54) is 10.8 Å². The topological polar surface area (TPSA) is 177 Å². The van der Waals surface area contributed by atoms with Gasteiger partial charge in [0.2, 0.25) is 5.95 Å². The number of fused-ring (bicyclic) bond motifs is 1. The molecule has 1 atom stereocenters. The van der Waals surface area contributed by atoms with E-state index >= 15 is 0 Å². The SMILES string of the molecule is CC(Nc1nc(N)nc(N)c1C#N)c1nc2cc(F)cc(Cl)c2c(=O)n1-c1ccn[nH]1. The van der Waals surface area contributed by atoms with E-state index in [1.807, 2.05) is 6.07 Å². The van der Waals surface area contributed by atoms with Gasteiger partial charge in [0.1, 0.15) is 34.9 Å². The number of nitrogens with two attached hydrogens (primary N) is 2. The number of benzene rings is 1. The summed E-state index contributed by atoms with van der Waals surface area (Å²) in [6.45, 7) is 1.66. The Morgan fingerprint density at radius 2 is 2.10 bits per heavy atom. The lowest BCUT2D eigenvalue weighted by atomic mass is 10.2. The molecule has 0 aliphatic carbocycles. The van der Waals surface area contributed by atoms with E-state index in [1.54, 1.807) is 13.0 Å². The first-order chi connectivity index (χ1) is 14.8. The van der Waals surface area contributed by atoms with E-state index in [2.05, 4.69) is 30.5 Å². The molecule has 0 aliphatic rings. The van der Waals surface area contributed by atoms with Gasteiger partial charge in [-0.1, -0.05) is 11.6 Å². The predicted molar refractivity (Wildman–Crippen MR) is 112 cm³/mol. The molecular formula is C18H14ClFN10O. The summed E-state index contributed by atoms with van der Waals surface area (Å²) in [4.78, 5) is 25.5. The molecule has 156 valence electrons. The summed E-state index contributed by atoms with van der Waals surface area (Å²) >= 11 is 6.12. The Balaban J connectivity index is 1.94. The molecule has 0 spiro atoms. The quantitative estimate of drug-likeness (QED) is 0.368. The molecule has 11 nitrogen and oxygen atoms in total. The van der Waals surface area contributed by atoms with Crippen LogP contribution in [0.25, 0.3) is 16.7 Å². The number of hydrogen-bond acceptors (Lipinski definition) is 9. The lowest BCUT2D eigenvalue weighted by molar-refractivity contribution is 0.628. The molecular weight excluding hydrogens is 427 g/mol.